The number of nitrogens with zero attached hydrogens (tertiary/aromatic N) is 3. The van der Waals surface area contributed by atoms with Gasteiger partial charge in [0, 0.05) is 12.1 Å². The lowest BCUT2D eigenvalue weighted by Crippen LogP contribution is -2.49. The van der Waals surface area contributed by atoms with Crippen LogP contribution in [0.2, 0.25) is 0 Å². The molecule has 11 heteroatoms. The predicted octanol–water partition coefficient (Wildman–Crippen LogP) is 3.09. The maximum atomic E-state index is 13.5. The summed E-state index contributed by atoms with van der Waals surface area (Å²) in [6, 6.07) is 4.41. The number of hydrogen-bond donors (Lipinski definition) is 2. The Kier molecular flexibility index (Phi) is 7.32. The van der Waals surface area contributed by atoms with Gasteiger partial charge < -0.3 is 11.1 Å². The molecule has 1 heterocycles. The third-order valence-electron chi connectivity index (χ3n) is 4.22. The average molecular weight is 410 g/mol. The molecule has 0 fully saturated rings. The van der Waals surface area contributed by atoms with Gasteiger partial charge in [-0.15, -0.1) is 17.5 Å². The first kappa shape index (κ1) is 22.8. The molecule has 0 atom stereocenters. The first-order valence-electron chi connectivity index (χ1n) is 7.97. The Morgan fingerprint density at radius 1 is 1.26 bits per heavy atom. The van der Waals surface area contributed by atoms with E-state index in [0.717, 1.165) is 12.1 Å². The number of rotatable bonds is 6. The number of amides is 1. The van der Waals surface area contributed by atoms with Crippen molar-refractivity contribution in [2.24, 2.45) is 5.73 Å². The standard InChI is InChI=1S/C16H19F4N5O.ClH/c1-3-15(21,4-2)9-22-14(26)12-13(16(18,19)20)25(24-23-12)11-7-5-6-10(17)8-11;/h5-8H,3-4,9,21H2,1-2H3,(H,22,26);1H. The second-order valence-corrected chi connectivity index (χ2v) is 5.93. The molecule has 3 N–H and O–H groups in total. The molecule has 0 aliphatic carbocycles. The van der Waals surface area contributed by atoms with Crippen LogP contribution in [0.4, 0.5) is 17.6 Å². The van der Waals surface area contributed by atoms with Gasteiger partial charge in [-0.1, -0.05) is 25.1 Å². The van der Waals surface area contributed by atoms with Gasteiger partial charge in [-0.25, -0.2) is 9.07 Å². The van der Waals surface area contributed by atoms with E-state index in [-0.39, 0.29) is 24.6 Å². The number of carbonyl (C=O) groups excluding carboxylic acids is 1. The largest absolute Gasteiger partial charge is 0.435 e. The molecule has 1 aromatic heterocycles. The van der Waals surface area contributed by atoms with Crippen molar-refractivity contribution in [1.82, 2.24) is 20.3 Å². The van der Waals surface area contributed by atoms with Crippen LogP contribution in [0.25, 0.3) is 5.69 Å². The Balaban J connectivity index is 0.00000364. The Bertz CT molecular complexity index is 789. The summed E-state index contributed by atoms with van der Waals surface area (Å²) in [6.45, 7) is 3.62. The van der Waals surface area contributed by atoms with Crippen LogP contribution in [0.3, 0.4) is 0 Å². The number of nitrogens with one attached hydrogen (secondary N) is 1. The Hall–Kier alpha value is -2.20. The molecule has 0 saturated heterocycles. The van der Waals surface area contributed by atoms with E-state index in [9.17, 15) is 22.4 Å². The van der Waals surface area contributed by atoms with E-state index in [4.69, 9.17) is 5.73 Å². The fourth-order valence-corrected chi connectivity index (χ4v) is 2.32. The highest BCUT2D eigenvalue weighted by molar-refractivity contribution is 5.93. The number of halogens is 5. The van der Waals surface area contributed by atoms with E-state index in [1.165, 1.54) is 12.1 Å². The van der Waals surface area contributed by atoms with Crippen molar-refractivity contribution in [2.75, 3.05) is 6.54 Å². The summed E-state index contributed by atoms with van der Waals surface area (Å²) in [5.74, 6) is -1.78. The minimum atomic E-state index is -4.92. The number of aromatic nitrogens is 3. The summed E-state index contributed by atoms with van der Waals surface area (Å²) >= 11 is 0. The van der Waals surface area contributed by atoms with Crippen molar-refractivity contribution in [3.63, 3.8) is 0 Å². The first-order valence-corrected chi connectivity index (χ1v) is 7.97. The fourth-order valence-electron chi connectivity index (χ4n) is 2.32. The fraction of sp³-hybridized carbons (Fsp3) is 0.438. The molecule has 150 valence electrons. The molecule has 2 rings (SSSR count). The first-order chi connectivity index (χ1) is 12.1. The molecule has 0 radical (unpaired) electrons. The quantitative estimate of drug-likeness (QED) is 0.718. The summed E-state index contributed by atoms with van der Waals surface area (Å²) in [5.41, 5.74) is 2.84. The van der Waals surface area contributed by atoms with Gasteiger partial charge in [-0.2, -0.15) is 13.2 Å². The van der Waals surface area contributed by atoms with Gasteiger partial charge in [-0.05, 0) is 31.0 Å². The number of benzene rings is 1. The summed E-state index contributed by atoms with van der Waals surface area (Å²) in [7, 11) is 0. The van der Waals surface area contributed by atoms with Crippen LogP contribution in [0, 0.1) is 5.82 Å². The molecule has 0 bridgehead atoms. The minimum Gasteiger partial charge on any atom is -0.349 e. The monoisotopic (exact) mass is 409 g/mol. The second kappa shape index (κ2) is 8.66. The van der Waals surface area contributed by atoms with Gasteiger partial charge in [-0.3, -0.25) is 4.79 Å². The molecule has 0 saturated carbocycles. The van der Waals surface area contributed by atoms with Gasteiger partial charge >= 0.3 is 6.18 Å². The smallest absolute Gasteiger partial charge is 0.349 e. The van der Waals surface area contributed by atoms with Crippen molar-refractivity contribution in [1.29, 1.82) is 0 Å². The summed E-state index contributed by atoms with van der Waals surface area (Å²) < 4.78 is 54.2. The van der Waals surface area contributed by atoms with E-state index in [0.29, 0.717) is 17.5 Å². The SMILES string of the molecule is CCC(N)(CC)CNC(=O)c1nnn(-c2cccc(F)c2)c1C(F)(F)F.Cl. The lowest BCUT2D eigenvalue weighted by Gasteiger charge is -2.26. The molecule has 0 aliphatic rings. The van der Waals surface area contributed by atoms with Gasteiger partial charge in [0.05, 0.1) is 5.69 Å². The van der Waals surface area contributed by atoms with Gasteiger partial charge in [0.25, 0.3) is 5.91 Å². The van der Waals surface area contributed by atoms with Crippen molar-refractivity contribution in [3.05, 3.63) is 41.5 Å². The molecule has 0 spiro atoms. The zero-order valence-electron chi connectivity index (χ0n) is 14.7. The summed E-state index contributed by atoms with van der Waals surface area (Å²) in [6.07, 6.45) is -3.85. The molecule has 1 aromatic carbocycles. The van der Waals surface area contributed by atoms with E-state index >= 15 is 0 Å². The van der Waals surface area contributed by atoms with Crippen LogP contribution in [-0.4, -0.2) is 33.0 Å². The normalized spacial score (nSPS) is 11.8. The van der Waals surface area contributed by atoms with Crippen molar-refractivity contribution in [2.45, 2.75) is 38.4 Å². The third kappa shape index (κ3) is 5.16. The second-order valence-electron chi connectivity index (χ2n) is 5.93. The topological polar surface area (TPSA) is 85.8 Å². The van der Waals surface area contributed by atoms with Crippen molar-refractivity contribution < 1.29 is 22.4 Å². The van der Waals surface area contributed by atoms with E-state index in [1.54, 1.807) is 0 Å². The zero-order valence-corrected chi connectivity index (χ0v) is 15.5. The molecule has 0 aliphatic heterocycles. The van der Waals surface area contributed by atoms with Crippen LogP contribution in [-0.2, 0) is 6.18 Å². The Morgan fingerprint density at radius 2 is 1.89 bits per heavy atom. The summed E-state index contributed by atoms with van der Waals surface area (Å²) in [4.78, 5) is 12.2. The minimum absolute atomic E-state index is 0. The van der Waals surface area contributed by atoms with E-state index in [2.05, 4.69) is 15.6 Å². The zero-order chi connectivity index (χ0) is 19.5. The molecule has 1 amide bonds. The number of hydrogen-bond acceptors (Lipinski definition) is 4. The van der Waals surface area contributed by atoms with Crippen molar-refractivity contribution >= 4 is 18.3 Å². The van der Waals surface area contributed by atoms with Gasteiger partial charge in [0.15, 0.2) is 11.4 Å². The molecule has 6 nitrogen and oxygen atoms in total. The van der Waals surface area contributed by atoms with Crippen LogP contribution in [0.15, 0.2) is 24.3 Å². The highest BCUT2D eigenvalue weighted by Gasteiger charge is 2.42. The van der Waals surface area contributed by atoms with E-state index < -0.39 is 34.8 Å². The lowest BCUT2D eigenvalue weighted by atomic mass is 9.94. The van der Waals surface area contributed by atoms with E-state index in [1.807, 2.05) is 13.8 Å². The van der Waals surface area contributed by atoms with Crippen LogP contribution in [0.5, 0.6) is 0 Å². The highest BCUT2D eigenvalue weighted by atomic mass is 35.5. The van der Waals surface area contributed by atoms with Crippen molar-refractivity contribution in [3.8, 4) is 5.69 Å². The Morgan fingerprint density at radius 3 is 2.41 bits per heavy atom. The number of carbonyl (C=O) groups is 1. The summed E-state index contributed by atoms with van der Waals surface area (Å²) in [5, 5.41) is 9.12. The third-order valence-corrected chi connectivity index (χ3v) is 4.22. The maximum Gasteiger partial charge on any atom is 0.435 e. The van der Waals surface area contributed by atoms with Gasteiger partial charge in [0.1, 0.15) is 5.82 Å². The van der Waals surface area contributed by atoms with Gasteiger partial charge in [0.2, 0.25) is 0 Å². The maximum absolute atomic E-state index is 13.5. The van der Waals surface area contributed by atoms with Crippen LogP contribution in [0.1, 0.15) is 42.9 Å². The molecule has 27 heavy (non-hydrogen) atoms. The van der Waals surface area contributed by atoms with Crippen LogP contribution >= 0.6 is 12.4 Å². The van der Waals surface area contributed by atoms with Crippen LogP contribution < -0.4 is 11.1 Å². The average Bonchev–Trinajstić information content (AvgIpc) is 3.05. The number of alkyl halides is 3. The predicted molar refractivity (Wildman–Crippen MR) is 93.4 cm³/mol. The highest BCUT2D eigenvalue weighted by Crippen LogP contribution is 2.32. The molecular weight excluding hydrogens is 390 g/mol. The molecule has 2 aromatic rings. The lowest BCUT2D eigenvalue weighted by molar-refractivity contribution is -0.143. The molecular formula is C16H20ClF4N5O. The molecule has 0 unspecified atom stereocenters. The number of nitrogens with two attached hydrogens (primary N) is 1. The Labute approximate surface area is 159 Å².